The number of carbonyl (C=O) groups is 1. The van der Waals surface area contributed by atoms with E-state index in [0.29, 0.717) is 17.9 Å². The molecule has 0 aromatic heterocycles. The summed E-state index contributed by atoms with van der Waals surface area (Å²) in [4.78, 5) is 14.4. The van der Waals surface area contributed by atoms with Gasteiger partial charge in [-0.25, -0.2) is 0 Å². The second-order valence-corrected chi connectivity index (χ2v) is 5.74. The fourth-order valence-electron chi connectivity index (χ4n) is 2.30. The molecule has 0 aliphatic carbocycles. The van der Waals surface area contributed by atoms with E-state index in [1.54, 1.807) is 0 Å². The monoisotopic (exact) mass is 226 g/mol. The largest absolute Gasteiger partial charge is 0.342 e. The molecule has 1 N–H and O–H groups in total. The minimum Gasteiger partial charge on any atom is -0.342 e. The fourth-order valence-corrected chi connectivity index (χ4v) is 2.30. The van der Waals surface area contributed by atoms with Crippen LogP contribution in [0.5, 0.6) is 0 Å². The smallest absolute Gasteiger partial charge is 0.229 e. The Kier molecular flexibility index (Phi) is 4.36. The molecule has 0 aromatic carbocycles. The minimum atomic E-state index is -0.198. The van der Waals surface area contributed by atoms with Crippen molar-refractivity contribution in [1.29, 1.82) is 0 Å². The Bertz CT molecular complexity index is 244. The molecule has 0 radical (unpaired) electrons. The zero-order chi connectivity index (χ0) is 12.3. The summed E-state index contributed by atoms with van der Waals surface area (Å²) in [6, 6.07) is 0.311. The predicted molar refractivity (Wildman–Crippen MR) is 67.3 cm³/mol. The lowest BCUT2D eigenvalue weighted by molar-refractivity contribution is -0.143. The Balaban J connectivity index is 2.68. The van der Waals surface area contributed by atoms with Gasteiger partial charge in [-0.1, -0.05) is 13.8 Å². The lowest BCUT2D eigenvalue weighted by Gasteiger charge is -2.39. The lowest BCUT2D eigenvalue weighted by atomic mass is 9.81. The van der Waals surface area contributed by atoms with Crippen molar-refractivity contribution in [1.82, 2.24) is 10.2 Å². The average molecular weight is 226 g/mol. The third kappa shape index (κ3) is 2.76. The van der Waals surface area contributed by atoms with Gasteiger partial charge in [-0.15, -0.1) is 0 Å². The molecular formula is C13H26N2O. The van der Waals surface area contributed by atoms with E-state index in [-0.39, 0.29) is 5.41 Å². The molecule has 3 heteroatoms. The summed E-state index contributed by atoms with van der Waals surface area (Å²) in [6.07, 6.45) is 2.11. The van der Waals surface area contributed by atoms with Crippen LogP contribution in [0.3, 0.4) is 0 Å². The van der Waals surface area contributed by atoms with Gasteiger partial charge in [0.15, 0.2) is 0 Å². The van der Waals surface area contributed by atoms with Crippen molar-refractivity contribution >= 4 is 5.91 Å². The third-order valence-electron chi connectivity index (χ3n) is 4.01. The number of carbonyl (C=O) groups excluding carboxylic acids is 1. The van der Waals surface area contributed by atoms with Gasteiger partial charge in [0.1, 0.15) is 0 Å². The van der Waals surface area contributed by atoms with E-state index in [4.69, 9.17) is 0 Å². The summed E-state index contributed by atoms with van der Waals surface area (Å²) in [5, 5.41) is 3.33. The zero-order valence-electron chi connectivity index (χ0n) is 11.3. The van der Waals surface area contributed by atoms with Crippen LogP contribution in [0.2, 0.25) is 0 Å². The van der Waals surface area contributed by atoms with E-state index in [1.807, 2.05) is 11.9 Å². The first kappa shape index (κ1) is 13.5. The van der Waals surface area contributed by atoms with E-state index < -0.39 is 0 Å². The molecule has 0 bridgehead atoms. The first-order valence-electron chi connectivity index (χ1n) is 6.36. The molecule has 2 atom stereocenters. The van der Waals surface area contributed by atoms with E-state index in [2.05, 4.69) is 33.0 Å². The number of nitrogens with zero attached hydrogens (tertiary/aromatic N) is 1. The normalized spacial score (nSPS) is 27.9. The summed E-state index contributed by atoms with van der Waals surface area (Å²) >= 11 is 0. The highest BCUT2D eigenvalue weighted by atomic mass is 16.2. The Morgan fingerprint density at radius 2 is 2.00 bits per heavy atom. The van der Waals surface area contributed by atoms with Crippen molar-refractivity contribution < 1.29 is 4.79 Å². The topological polar surface area (TPSA) is 32.3 Å². The first-order chi connectivity index (χ1) is 7.38. The molecule has 94 valence electrons. The van der Waals surface area contributed by atoms with Crippen molar-refractivity contribution in [2.24, 2.45) is 11.3 Å². The third-order valence-corrected chi connectivity index (χ3v) is 4.01. The molecule has 0 aromatic rings. The highest BCUT2D eigenvalue weighted by Gasteiger charge is 2.38. The maximum atomic E-state index is 12.5. The molecule has 1 rings (SSSR count). The van der Waals surface area contributed by atoms with E-state index in [0.717, 1.165) is 25.9 Å². The van der Waals surface area contributed by atoms with E-state index in [9.17, 15) is 4.79 Å². The van der Waals surface area contributed by atoms with Gasteiger partial charge in [-0.2, -0.15) is 0 Å². The van der Waals surface area contributed by atoms with Crippen LogP contribution in [-0.2, 0) is 4.79 Å². The predicted octanol–water partition coefficient (Wildman–Crippen LogP) is 1.88. The highest BCUT2D eigenvalue weighted by molar-refractivity contribution is 5.82. The first-order valence-corrected chi connectivity index (χ1v) is 6.36. The van der Waals surface area contributed by atoms with E-state index >= 15 is 0 Å². The molecule has 0 saturated carbocycles. The quantitative estimate of drug-likeness (QED) is 0.797. The van der Waals surface area contributed by atoms with Gasteiger partial charge in [0.2, 0.25) is 5.91 Å². The van der Waals surface area contributed by atoms with Crippen LogP contribution >= 0.6 is 0 Å². The SMILES string of the molecule is CC(C)C(C)N(C)C(=O)C1(C)CCCNC1. The molecule has 2 unspecified atom stereocenters. The van der Waals surface area contributed by atoms with Crippen LogP contribution < -0.4 is 5.32 Å². The highest BCUT2D eigenvalue weighted by Crippen LogP contribution is 2.28. The van der Waals surface area contributed by atoms with Crippen molar-refractivity contribution in [2.45, 2.75) is 46.6 Å². The molecule has 1 fully saturated rings. The van der Waals surface area contributed by atoms with Gasteiger partial charge in [0.25, 0.3) is 0 Å². The van der Waals surface area contributed by atoms with Crippen LogP contribution in [0.25, 0.3) is 0 Å². The number of hydrogen-bond acceptors (Lipinski definition) is 2. The second-order valence-electron chi connectivity index (χ2n) is 5.74. The number of piperidine rings is 1. The molecular weight excluding hydrogens is 200 g/mol. The average Bonchev–Trinajstić information content (AvgIpc) is 2.27. The van der Waals surface area contributed by atoms with Crippen LogP contribution in [0.1, 0.15) is 40.5 Å². The van der Waals surface area contributed by atoms with Crippen LogP contribution in [0.15, 0.2) is 0 Å². The van der Waals surface area contributed by atoms with Gasteiger partial charge in [-0.05, 0) is 39.2 Å². The maximum absolute atomic E-state index is 12.5. The zero-order valence-corrected chi connectivity index (χ0v) is 11.3. The molecule has 3 nitrogen and oxygen atoms in total. The Labute approximate surface area is 99.6 Å². The molecule has 1 heterocycles. The Morgan fingerprint density at radius 1 is 1.38 bits per heavy atom. The van der Waals surface area contributed by atoms with Crippen LogP contribution in [-0.4, -0.2) is 37.0 Å². The number of amides is 1. The van der Waals surface area contributed by atoms with Crippen molar-refractivity contribution in [3.63, 3.8) is 0 Å². The lowest BCUT2D eigenvalue weighted by Crippen LogP contribution is -2.52. The Morgan fingerprint density at radius 3 is 2.44 bits per heavy atom. The van der Waals surface area contributed by atoms with Gasteiger partial charge in [0.05, 0.1) is 5.41 Å². The maximum Gasteiger partial charge on any atom is 0.229 e. The molecule has 0 spiro atoms. The molecule has 1 aliphatic rings. The van der Waals surface area contributed by atoms with Gasteiger partial charge in [0, 0.05) is 19.6 Å². The van der Waals surface area contributed by atoms with Crippen molar-refractivity contribution in [3.8, 4) is 0 Å². The standard InChI is InChI=1S/C13H26N2O/c1-10(2)11(3)15(5)12(16)13(4)7-6-8-14-9-13/h10-11,14H,6-9H2,1-5H3. The molecule has 1 aliphatic heterocycles. The van der Waals surface area contributed by atoms with Crippen molar-refractivity contribution in [2.75, 3.05) is 20.1 Å². The minimum absolute atomic E-state index is 0.198. The molecule has 1 amide bonds. The van der Waals surface area contributed by atoms with Gasteiger partial charge < -0.3 is 10.2 Å². The summed E-state index contributed by atoms with van der Waals surface area (Å²) in [5.41, 5.74) is -0.198. The number of hydrogen-bond donors (Lipinski definition) is 1. The van der Waals surface area contributed by atoms with Crippen LogP contribution in [0.4, 0.5) is 0 Å². The summed E-state index contributed by atoms with van der Waals surface area (Å²) < 4.78 is 0. The van der Waals surface area contributed by atoms with E-state index in [1.165, 1.54) is 0 Å². The summed E-state index contributed by atoms with van der Waals surface area (Å²) in [5.74, 6) is 0.801. The van der Waals surface area contributed by atoms with Gasteiger partial charge >= 0.3 is 0 Å². The number of rotatable bonds is 3. The molecule has 16 heavy (non-hydrogen) atoms. The Hall–Kier alpha value is -0.570. The fraction of sp³-hybridized carbons (Fsp3) is 0.923. The van der Waals surface area contributed by atoms with Crippen molar-refractivity contribution in [3.05, 3.63) is 0 Å². The summed E-state index contributed by atoms with van der Waals surface area (Å²) in [7, 11) is 1.94. The number of nitrogens with one attached hydrogen (secondary N) is 1. The second kappa shape index (κ2) is 5.17. The molecule has 1 saturated heterocycles. The van der Waals surface area contributed by atoms with Gasteiger partial charge in [-0.3, -0.25) is 4.79 Å². The van der Waals surface area contributed by atoms with Crippen LogP contribution in [0, 0.1) is 11.3 Å². The summed E-state index contributed by atoms with van der Waals surface area (Å²) in [6.45, 7) is 10.4.